The molecular formula is C22H26BrNO3. The molecule has 2 aromatic rings. The molecule has 27 heavy (non-hydrogen) atoms. The fraction of sp³-hybridized carbons (Fsp3) is 0.455. The Morgan fingerprint density at radius 1 is 1.15 bits per heavy atom. The average Bonchev–Trinajstić information content (AvgIpc) is 3.14. The number of aryl methyl sites for hydroxylation is 1. The molecule has 3 atom stereocenters. The Balaban J connectivity index is 1.75. The molecular weight excluding hydrogens is 406 g/mol. The highest BCUT2D eigenvalue weighted by Gasteiger charge is 2.41. The topological polar surface area (TPSA) is 39.7 Å². The minimum atomic E-state index is 0.145. The zero-order valence-corrected chi connectivity index (χ0v) is 17.6. The minimum absolute atomic E-state index is 0.145. The van der Waals surface area contributed by atoms with Gasteiger partial charge < -0.3 is 19.5 Å². The lowest BCUT2D eigenvalue weighted by molar-refractivity contribution is 0.0828. The quantitative estimate of drug-likeness (QED) is 0.649. The van der Waals surface area contributed by atoms with Crippen LogP contribution < -0.4 is 14.8 Å². The van der Waals surface area contributed by atoms with Crippen molar-refractivity contribution in [2.75, 3.05) is 25.1 Å². The number of hydrogen-bond donors (Lipinski definition) is 1. The predicted molar refractivity (Wildman–Crippen MR) is 111 cm³/mol. The molecule has 0 saturated carbocycles. The highest BCUT2D eigenvalue weighted by molar-refractivity contribution is 9.10. The molecule has 0 bridgehead atoms. The van der Waals surface area contributed by atoms with Crippen LogP contribution in [0.2, 0.25) is 0 Å². The molecule has 0 unspecified atom stereocenters. The van der Waals surface area contributed by atoms with Crippen molar-refractivity contribution in [3.05, 3.63) is 51.5 Å². The molecule has 0 radical (unpaired) electrons. The van der Waals surface area contributed by atoms with Crippen molar-refractivity contribution >= 4 is 21.6 Å². The Morgan fingerprint density at radius 3 is 2.74 bits per heavy atom. The maximum Gasteiger partial charge on any atom is 0.175 e. The number of fused-ring (bicyclic) bond motifs is 3. The zero-order valence-electron chi connectivity index (χ0n) is 16.0. The van der Waals surface area contributed by atoms with E-state index in [9.17, 15) is 0 Å². The molecule has 1 saturated heterocycles. The first-order chi connectivity index (χ1) is 13.1. The van der Waals surface area contributed by atoms with Crippen LogP contribution in [-0.4, -0.2) is 19.8 Å². The monoisotopic (exact) mass is 431 g/mol. The summed E-state index contributed by atoms with van der Waals surface area (Å²) in [6.07, 6.45) is 1.19. The molecule has 144 valence electrons. The van der Waals surface area contributed by atoms with Gasteiger partial charge in [0.1, 0.15) is 0 Å². The molecule has 1 N–H and O–H groups in total. The van der Waals surface area contributed by atoms with E-state index >= 15 is 0 Å². The normalized spacial score (nSPS) is 23.3. The molecule has 2 aliphatic rings. The van der Waals surface area contributed by atoms with E-state index in [-0.39, 0.29) is 12.1 Å². The van der Waals surface area contributed by atoms with Crippen molar-refractivity contribution in [3.8, 4) is 11.5 Å². The van der Waals surface area contributed by atoms with E-state index < -0.39 is 0 Å². The summed E-state index contributed by atoms with van der Waals surface area (Å²) in [7, 11) is 0. The van der Waals surface area contributed by atoms with Crippen LogP contribution in [0.15, 0.2) is 34.8 Å². The second-order valence-electron chi connectivity index (χ2n) is 7.15. The fourth-order valence-corrected chi connectivity index (χ4v) is 4.81. The van der Waals surface area contributed by atoms with Crippen molar-refractivity contribution in [2.45, 2.75) is 39.3 Å². The average molecular weight is 432 g/mol. The number of nitrogens with one attached hydrogen (secondary N) is 1. The van der Waals surface area contributed by atoms with Gasteiger partial charge >= 0.3 is 0 Å². The summed E-state index contributed by atoms with van der Waals surface area (Å²) in [6, 6.07) is 11.0. The fourth-order valence-electron chi connectivity index (χ4n) is 4.24. The standard InChI is InChI=1S/C22H26BrNO3/c1-4-25-19-12-14(11-17(23)22(19)26-5-2)20-15-8-9-27-21(15)16-10-13(3)6-7-18(16)24-20/h6-7,10-12,15,20-21,24H,4-5,8-9H2,1-3H3/t15-,20-,21-/m0/s1. The Hall–Kier alpha value is -1.72. The third kappa shape index (κ3) is 3.43. The van der Waals surface area contributed by atoms with Crippen LogP contribution in [0.4, 0.5) is 5.69 Å². The van der Waals surface area contributed by atoms with Gasteiger partial charge in [-0.15, -0.1) is 0 Å². The first-order valence-corrected chi connectivity index (χ1v) is 10.5. The van der Waals surface area contributed by atoms with Crippen molar-refractivity contribution in [1.29, 1.82) is 0 Å². The highest BCUT2D eigenvalue weighted by Crippen LogP contribution is 2.51. The third-order valence-corrected chi connectivity index (χ3v) is 5.96. The van der Waals surface area contributed by atoms with E-state index in [0.717, 1.165) is 34.7 Å². The predicted octanol–water partition coefficient (Wildman–Crippen LogP) is 5.80. The van der Waals surface area contributed by atoms with Crippen LogP contribution in [0.1, 0.15) is 49.1 Å². The maximum atomic E-state index is 6.15. The van der Waals surface area contributed by atoms with Crippen molar-refractivity contribution in [2.24, 2.45) is 5.92 Å². The van der Waals surface area contributed by atoms with Crippen LogP contribution >= 0.6 is 15.9 Å². The lowest BCUT2D eigenvalue weighted by atomic mass is 9.80. The van der Waals surface area contributed by atoms with E-state index in [1.807, 2.05) is 13.8 Å². The summed E-state index contributed by atoms with van der Waals surface area (Å²) in [5.41, 5.74) is 4.91. The molecule has 5 heteroatoms. The summed E-state index contributed by atoms with van der Waals surface area (Å²) >= 11 is 3.69. The summed E-state index contributed by atoms with van der Waals surface area (Å²) < 4.78 is 18.8. The molecule has 4 nitrogen and oxygen atoms in total. The molecule has 2 aliphatic heterocycles. The molecule has 0 aliphatic carbocycles. The summed E-state index contributed by atoms with van der Waals surface area (Å²) in [6.45, 7) is 8.12. The zero-order chi connectivity index (χ0) is 19.0. The molecule has 4 rings (SSSR count). The van der Waals surface area contributed by atoms with Crippen molar-refractivity contribution < 1.29 is 14.2 Å². The Bertz CT molecular complexity index is 839. The number of rotatable bonds is 5. The van der Waals surface area contributed by atoms with Gasteiger partial charge in [-0.05, 0) is 66.9 Å². The first-order valence-electron chi connectivity index (χ1n) is 9.70. The van der Waals surface area contributed by atoms with Crippen LogP contribution in [0.3, 0.4) is 0 Å². The van der Waals surface area contributed by atoms with E-state index in [4.69, 9.17) is 14.2 Å². The van der Waals surface area contributed by atoms with Gasteiger partial charge in [-0.25, -0.2) is 0 Å². The van der Waals surface area contributed by atoms with Gasteiger partial charge in [0.05, 0.1) is 29.8 Å². The van der Waals surface area contributed by atoms with Gasteiger partial charge in [-0.1, -0.05) is 17.7 Å². The second kappa shape index (κ2) is 7.72. The third-order valence-electron chi connectivity index (χ3n) is 5.37. The van der Waals surface area contributed by atoms with Gasteiger partial charge in [-0.2, -0.15) is 0 Å². The maximum absolute atomic E-state index is 6.15. The smallest absolute Gasteiger partial charge is 0.175 e. The van der Waals surface area contributed by atoms with Crippen LogP contribution in [0, 0.1) is 12.8 Å². The van der Waals surface area contributed by atoms with E-state index in [1.165, 1.54) is 16.7 Å². The van der Waals surface area contributed by atoms with E-state index in [2.05, 4.69) is 58.5 Å². The van der Waals surface area contributed by atoms with Crippen molar-refractivity contribution in [1.82, 2.24) is 0 Å². The summed E-state index contributed by atoms with van der Waals surface area (Å²) in [5, 5.41) is 3.76. The number of benzene rings is 2. The lowest BCUT2D eigenvalue weighted by Gasteiger charge is -2.37. The van der Waals surface area contributed by atoms with Crippen LogP contribution in [-0.2, 0) is 4.74 Å². The van der Waals surface area contributed by atoms with E-state index in [0.29, 0.717) is 19.1 Å². The van der Waals surface area contributed by atoms with Crippen LogP contribution in [0.25, 0.3) is 0 Å². The molecule has 0 aromatic heterocycles. The minimum Gasteiger partial charge on any atom is -0.490 e. The van der Waals surface area contributed by atoms with Gasteiger partial charge in [0.2, 0.25) is 0 Å². The molecule has 2 aromatic carbocycles. The van der Waals surface area contributed by atoms with E-state index in [1.54, 1.807) is 0 Å². The number of hydrogen-bond acceptors (Lipinski definition) is 4. The molecule has 0 amide bonds. The van der Waals surface area contributed by atoms with Crippen molar-refractivity contribution in [3.63, 3.8) is 0 Å². The Labute approximate surface area is 169 Å². The molecule has 2 heterocycles. The Morgan fingerprint density at radius 2 is 1.96 bits per heavy atom. The van der Waals surface area contributed by atoms with Gasteiger partial charge in [-0.3, -0.25) is 0 Å². The van der Waals surface area contributed by atoms with Gasteiger partial charge in [0.25, 0.3) is 0 Å². The number of anilines is 1. The molecule has 0 spiro atoms. The second-order valence-corrected chi connectivity index (χ2v) is 8.01. The largest absolute Gasteiger partial charge is 0.490 e. The number of halogens is 1. The number of ether oxygens (including phenoxy) is 3. The lowest BCUT2D eigenvalue weighted by Crippen LogP contribution is -2.29. The van der Waals surface area contributed by atoms with Gasteiger partial charge in [0.15, 0.2) is 11.5 Å². The SMILES string of the molecule is CCOc1cc([C@@H]2Nc3ccc(C)cc3[C@H]3OCC[C@H]32)cc(Br)c1OCC. The highest BCUT2D eigenvalue weighted by atomic mass is 79.9. The Kier molecular flexibility index (Phi) is 5.33. The summed E-state index contributed by atoms with van der Waals surface area (Å²) in [5.74, 6) is 1.96. The molecule has 1 fully saturated rings. The first kappa shape index (κ1) is 18.6. The summed E-state index contributed by atoms with van der Waals surface area (Å²) in [4.78, 5) is 0. The van der Waals surface area contributed by atoms with Crippen LogP contribution in [0.5, 0.6) is 11.5 Å². The van der Waals surface area contributed by atoms with Gasteiger partial charge in [0, 0.05) is 23.8 Å².